The van der Waals surface area contributed by atoms with Crippen LogP contribution >= 0.6 is 0 Å². The van der Waals surface area contributed by atoms with Gasteiger partial charge >= 0.3 is 5.69 Å². The molecule has 0 fully saturated rings. The minimum atomic E-state index is -0.710. The molecule has 0 saturated heterocycles. The molecule has 0 spiro atoms. The fourth-order valence-electron chi connectivity index (χ4n) is 2.66. The average Bonchev–Trinajstić information content (AvgIpc) is 2.93. The first-order valence-electron chi connectivity index (χ1n) is 7.51. The molecular weight excluding hydrogens is 310 g/mol. The molecule has 0 saturated carbocycles. The van der Waals surface area contributed by atoms with E-state index in [-0.39, 0.29) is 6.54 Å². The highest BCUT2D eigenvalue weighted by Gasteiger charge is 2.17. The maximum atomic E-state index is 12.3. The normalized spacial score (nSPS) is 12.5. The number of aliphatic hydroxyl groups excluding tert-OH is 1. The van der Waals surface area contributed by atoms with Gasteiger partial charge in [-0.1, -0.05) is 30.3 Å². The second kappa shape index (κ2) is 5.97. The third kappa shape index (κ3) is 2.50. The molecule has 3 aromatic rings. The number of aliphatic hydroxyl groups is 1. The summed E-state index contributed by atoms with van der Waals surface area (Å²) in [6, 6.07) is 9.26. The lowest BCUT2D eigenvalue weighted by Crippen LogP contribution is -2.37. The van der Waals surface area contributed by atoms with E-state index < -0.39 is 17.4 Å². The Balaban J connectivity index is 1.95. The van der Waals surface area contributed by atoms with Crippen LogP contribution in [0, 0.1) is 0 Å². The molecule has 1 aromatic carbocycles. The topological polar surface area (TPSA) is 94.1 Å². The number of nitrogens with zero attached hydrogens (tertiary/aromatic N) is 4. The Bertz CT molecular complexity index is 1000. The second-order valence-electron chi connectivity index (χ2n) is 5.68. The highest BCUT2D eigenvalue weighted by Crippen LogP contribution is 2.16. The van der Waals surface area contributed by atoms with Crippen LogP contribution in [0.4, 0.5) is 5.95 Å². The van der Waals surface area contributed by atoms with Crippen LogP contribution in [0.2, 0.25) is 0 Å². The van der Waals surface area contributed by atoms with Gasteiger partial charge in [0.2, 0.25) is 5.95 Å². The molecule has 0 aliphatic rings. The molecule has 24 heavy (non-hydrogen) atoms. The van der Waals surface area contributed by atoms with Gasteiger partial charge in [-0.25, -0.2) is 4.79 Å². The molecule has 1 atom stereocenters. The molecule has 0 aliphatic heterocycles. The summed E-state index contributed by atoms with van der Waals surface area (Å²) in [6.07, 6.45) is -0.710. The quantitative estimate of drug-likeness (QED) is 0.709. The number of rotatable bonds is 4. The summed E-state index contributed by atoms with van der Waals surface area (Å²) in [5.41, 5.74) is 0.590. The lowest BCUT2D eigenvalue weighted by Gasteiger charge is -2.12. The number of fused-ring (bicyclic) bond motifs is 1. The van der Waals surface area contributed by atoms with Crippen LogP contribution in [0.15, 0.2) is 39.9 Å². The highest BCUT2D eigenvalue weighted by molar-refractivity contribution is 5.74. The van der Waals surface area contributed by atoms with E-state index in [1.165, 1.54) is 11.6 Å². The summed E-state index contributed by atoms with van der Waals surface area (Å²) in [6.45, 7) is 0.232. The minimum absolute atomic E-state index is 0.232. The van der Waals surface area contributed by atoms with Gasteiger partial charge in [0, 0.05) is 27.7 Å². The molecule has 8 nitrogen and oxygen atoms in total. The van der Waals surface area contributed by atoms with E-state index in [9.17, 15) is 14.7 Å². The number of hydrogen-bond acceptors (Lipinski definition) is 5. The number of hydrogen-bond donors (Lipinski definition) is 2. The molecule has 0 bridgehead atoms. The number of anilines is 1. The lowest BCUT2D eigenvalue weighted by molar-refractivity contribution is 0.191. The van der Waals surface area contributed by atoms with Crippen molar-refractivity contribution in [2.24, 2.45) is 21.1 Å². The van der Waals surface area contributed by atoms with E-state index in [0.29, 0.717) is 17.1 Å². The predicted molar refractivity (Wildman–Crippen MR) is 91.1 cm³/mol. The van der Waals surface area contributed by atoms with Gasteiger partial charge < -0.3 is 15.0 Å². The Morgan fingerprint density at radius 1 is 1.08 bits per heavy atom. The summed E-state index contributed by atoms with van der Waals surface area (Å²) < 4.78 is 3.97. The smallest absolute Gasteiger partial charge is 0.332 e. The molecule has 126 valence electrons. The zero-order valence-electron chi connectivity index (χ0n) is 13.7. The molecule has 2 heterocycles. The zero-order chi connectivity index (χ0) is 17.4. The summed E-state index contributed by atoms with van der Waals surface area (Å²) in [7, 11) is 4.70. The summed E-state index contributed by atoms with van der Waals surface area (Å²) in [4.78, 5) is 28.6. The van der Waals surface area contributed by atoms with Gasteiger partial charge in [0.25, 0.3) is 5.56 Å². The van der Waals surface area contributed by atoms with Crippen molar-refractivity contribution < 1.29 is 5.11 Å². The van der Waals surface area contributed by atoms with Gasteiger partial charge in [-0.2, -0.15) is 4.98 Å². The van der Waals surface area contributed by atoms with Crippen molar-refractivity contribution in [2.75, 3.05) is 11.9 Å². The van der Waals surface area contributed by atoms with Gasteiger partial charge in [-0.3, -0.25) is 13.9 Å². The van der Waals surface area contributed by atoms with Gasteiger partial charge in [0.05, 0.1) is 6.10 Å². The molecule has 0 amide bonds. The van der Waals surface area contributed by atoms with Crippen LogP contribution in [0.3, 0.4) is 0 Å². The maximum absolute atomic E-state index is 12.3. The van der Waals surface area contributed by atoms with Crippen LogP contribution in [-0.2, 0) is 21.1 Å². The van der Waals surface area contributed by atoms with Gasteiger partial charge in [-0.05, 0) is 5.56 Å². The van der Waals surface area contributed by atoms with Crippen molar-refractivity contribution in [1.29, 1.82) is 0 Å². The van der Waals surface area contributed by atoms with Crippen molar-refractivity contribution >= 4 is 17.1 Å². The number of benzene rings is 1. The van der Waals surface area contributed by atoms with Crippen LogP contribution in [0.5, 0.6) is 0 Å². The van der Waals surface area contributed by atoms with Crippen LogP contribution in [0.25, 0.3) is 11.2 Å². The maximum Gasteiger partial charge on any atom is 0.332 e. The second-order valence-corrected chi connectivity index (χ2v) is 5.68. The van der Waals surface area contributed by atoms with Crippen molar-refractivity contribution in [3.8, 4) is 0 Å². The molecule has 2 N–H and O–H groups in total. The fourth-order valence-corrected chi connectivity index (χ4v) is 2.66. The van der Waals surface area contributed by atoms with Gasteiger partial charge in [0.15, 0.2) is 11.2 Å². The zero-order valence-corrected chi connectivity index (χ0v) is 13.7. The molecule has 3 rings (SSSR count). The Kier molecular flexibility index (Phi) is 3.98. The minimum Gasteiger partial charge on any atom is -0.387 e. The molecule has 2 aromatic heterocycles. The first-order valence-corrected chi connectivity index (χ1v) is 7.51. The van der Waals surface area contributed by atoms with E-state index in [2.05, 4.69) is 10.3 Å². The largest absolute Gasteiger partial charge is 0.387 e. The third-order valence-corrected chi connectivity index (χ3v) is 4.11. The molecule has 0 radical (unpaired) electrons. The first kappa shape index (κ1) is 16.0. The Morgan fingerprint density at radius 2 is 1.75 bits per heavy atom. The van der Waals surface area contributed by atoms with Crippen LogP contribution in [0.1, 0.15) is 11.7 Å². The first-order chi connectivity index (χ1) is 11.4. The lowest BCUT2D eigenvalue weighted by atomic mass is 10.1. The molecular formula is C16H19N5O3. The fraction of sp³-hybridized carbons (Fsp3) is 0.312. The predicted octanol–water partition coefficient (Wildman–Crippen LogP) is 0.116. The van der Waals surface area contributed by atoms with Gasteiger partial charge in [0.1, 0.15) is 0 Å². The summed E-state index contributed by atoms with van der Waals surface area (Å²) >= 11 is 0. The number of aromatic nitrogens is 4. The Labute approximate surface area is 137 Å². The number of aryl methyl sites for hydroxylation is 2. The van der Waals surface area contributed by atoms with Crippen LogP contribution < -0.4 is 16.6 Å². The highest BCUT2D eigenvalue weighted by atomic mass is 16.3. The van der Waals surface area contributed by atoms with Crippen molar-refractivity contribution in [2.45, 2.75) is 6.10 Å². The molecule has 8 heteroatoms. The number of imidazole rings is 1. The van der Waals surface area contributed by atoms with Crippen molar-refractivity contribution in [3.05, 3.63) is 56.7 Å². The standard InChI is InChI=1S/C16H19N5O3/c1-19-12-13(20(2)16(24)21(3)14(12)23)18-15(19)17-9-11(22)10-7-5-4-6-8-10/h4-8,11,22H,9H2,1-3H3,(H,17,18). The number of nitrogens with one attached hydrogen (secondary N) is 1. The van der Waals surface area contributed by atoms with Crippen molar-refractivity contribution in [3.63, 3.8) is 0 Å². The molecule has 0 aliphatic carbocycles. The Hall–Kier alpha value is -2.87. The van der Waals surface area contributed by atoms with E-state index in [0.717, 1.165) is 10.1 Å². The Morgan fingerprint density at radius 3 is 2.42 bits per heavy atom. The summed E-state index contributed by atoms with van der Waals surface area (Å²) in [5, 5.41) is 13.3. The monoisotopic (exact) mass is 329 g/mol. The van der Waals surface area contributed by atoms with E-state index in [1.807, 2.05) is 30.3 Å². The average molecular weight is 329 g/mol. The third-order valence-electron chi connectivity index (χ3n) is 4.11. The van der Waals surface area contributed by atoms with Gasteiger partial charge in [-0.15, -0.1) is 0 Å². The molecule has 1 unspecified atom stereocenters. The van der Waals surface area contributed by atoms with Crippen LogP contribution in [-0.4, -0.2) is 30.3 Å². The SMILES string of the molecule is Cn1c(=O)c2c(nc(NCC(O)c3ccccc3)n2C)n(C)c1=O. The summed E-state index contributed by atoms with van der Waals surface area (Å²) in [5.74, 6) is 0.415. The van der Waals surface area contributed by atoms with Crippen molar-refractivity contribution in [1.82, 2.24) is 18.7 Å². The van der Waals surface area contributed by atoms with E-state index in [1.54, 1.807) is 18.7 Å². The van der Waals surface area contributed by atoms with E-state index >= 15 is 0 Å². The van der Waals surface area contributed by atoms with E-state index in [4.69, 9.17) is 0 Å².